The van der Waals surface area contributed by atoms with Crippen LogP contribution in [0.1, 0.15) is 32.9 Å². The van der Waals surface area contributed by atoms with E-state index in [0.717, 1.165) is 22.5 Å². The fourth-order valence-electron chi connectivity index (χ4n) is 3.49. The molecule has 0 radical (unpaired) electrons. The SMILES string of the molecule is COCCn1c(C)cc(/C=C(\C#N)C(=O)OCC(=O)c2ccc3c(c2)CC(=O)N3)c1C. The van der Waals surface area contributed by atoms with Crippen LogP contribution in [0.25, 0.3) is 6.08 Å². The Kier molecular flexibility index (Phi) is 6.68. The second-order valence-corrected chi connectivity index (χ2v) is 7.24. The molecule has 0 unspecified atom stereocenters. The zero-order valence-electron chi connectivity index (χ0n) is 17.7. The first-order valence-corrected chi connectivity index (χ1v) is 9.74. The van der Waals surface area contributed by atoms with Crippen molar-refractivity contribution >= 4 is 29.4 Å². The number of ketones is 1. The number of nitriles is 1. The van der Waals surface area contributed by atoms with E-state index in [4.69, 9.17) is 9.47 Å². The molecule has 1 aromatic heterocycles. The largest absolute Gasteiger partial charge is 0.453 e. The summed E-state index contributed by atoms with van der Waals surface area (Å²) in [7, 11) is 1.62. The molecule has 1 amide bonds. The average molecular weight is 421 g/mol. The first-order chi connectivity index (χ1) is 14.8. The monoisotopic (exact) mass is 421 g/mol. The summed E-state index contributed by atoms with van der Waals surface area (Å²) in [6.07, 6.45) is 1.67. The van der Waals surface area contributed by atoms with E-state index >= 15 is 0 Å². The highest BCUT2D eigenvalue weighted by atomic mass is 16.5. The quantitative estimate of drug-likeness (QED) is 0.304. The van der Waals surface area contributed by atoms with Crippen molar-refractivity contribution < 1.29 is 23.9 Å². The van der Waals surface area contributed by atoms with Crippen molar-refractivity contribution in [3.8, 4) is 6.07 Å². The Morgan fingerprint density at radius 3 is 2.77 bits per heavy atom. The van der Waals surface area contributed by atoms with Crippen molar-refractivity contribution in [2.24, 2.45) is 0 Å². The minimum Gasteiger partial charge on any atom is -0.453 e. The van der Waals surface area contributed by atoms with E-state index < -0.39 is 18.4 Å². The summed E-state index contributed by atoms with van der Waals surface area (Å²) < 4.78 is 12.2. The maximum atomic E-state index is 12.4. The molecule has 2 aromatic rings. The van der Waals surface area contributed by atoms with Gasteiger partial charge in [0.05, 0.1) is 13.0 Å². The minimum atomic E-state index is -0.865. The predicted octanol–water partition coefficient (Wildman–Crippen LogP) is 2.58. The summed E-state index contributed by atoms with van der Waals surface area (Å²) >= 11 is 0. The third-order valence-electron chi connectivity index (χ3n) is 5.16. The number of carbonyl (C=O) groups excluding carboxylic acids is 3. The Bertz CT molecular complexity index is 1120. The Morgan fingerprint density at radius 1 is 1.29 bits per heavy atom. The van der Waals surface area contributed by atoms with Crippen LogP contribution in [0, 0.1) is 25.2 Å². The van der Waals surface area contributed by atoms with Gasteiger partial charge >= 0.3 is 5.97 Å². The smallest absolute Gasteiger partial charge is 0.349 e. The van der Waals surface area contributed by atoms with Crippen LogP contribution in [0.4, 0.5) is 5.69 Å². The number of hydrogen-bond acceptors (Lipinski definition) is 6. The summed E-state index contributed by atoms with van der Waals surface area (Å²) in [5, 5.41) is 12.1. The van der Waals surface area contributed by atoms with Gasteiger partial charge in [0.1, 0.15) is 11.6 Å². The van der Waals surface area contributed by atoms with E-state index in [0.29, 0.717) is 24.4 Å². The number of aryl methyl sites for hydroxylation is 1. The van der Waals surface area contributed by atoms with Gasteiger partial charge in [-0.2, -0.15) is 5.26 Å². The van der Waals surface area contributed by atoms with Crippen molar-refractivity contribution in [2.45, 2.75) is 26.8 Å². The zero-order valence-corrected chi connectivity index (χ0v) is 17.7. The number of esters is 1. The van der Waals surface area contributed by atoms with Crippen molar-refractivity contribution in [3.05, 3.63) is 57.9 Å². The molecule has 31 heavy (non-hydrogen) atoms. The fraction of sp³-hybridized carbons (Fsp3) is 0.304. The van der Waals surface area contributed by atoms with Gasteiger partial charge in [0.2, 0.25) is 5.91 Å². The zero-order chi connectivity index (χ0) is 22.5. The van der Waals surface area contributed by atoms with Crippen LogP contribution in [0.3, 0.4) is 0 Å². The maximum Gasteiger partial charge on any atom is 0.349 e. The van der Waals surface area contributed by atoms with Crippen LogP contribution >= 0.6 is 0 Å². The van der Waals surface area contributed by atoms with E-state index in [1.54, 1.807) is 25.3 Å². The van der Waals surface area contributed by atoms with Crippen molar-refractivity contribution in [1.29, 1.82) is 5.26 Å². The van der Waals surface area contributed by atoms with E-state index in [-0.39, 0.29) is 17.9 Å². The molecule has 2 heterocycles. The molecule has 0 saturated heterocycles. The summed E-state index contributed by atoms with van der Waals surface area (Å²) in [5.41, 5.74) is 4.15. The van der Waals surface area contributed by atoms with Gasteiger partial charge < -0.3 is 19.4 Å². The molecule has 0 saturated carbocycles. The number of fused-ring (bicyclic) bond motifs is 1. The van der Waals surface area contributed by atoms with Crippen LogP contribution in [0.5, 0.6) is 0 Å². The lowest BCUT2D eigenvalue weighted by Gasteiger charge is -2.08. The van der Waals surface area contributed by atoms with Gasteiger partial charge in [-0.3, -0.25) is 9.59 Å². The summed E-state index contributed by atoms with van der Waals surface area (Å²) in [4.78, 5) is 36.2. The van der Waals surface area contributed by atoms with Crippen LogP contribution in [-0.4, -0.2) is 42.6 Å². The van der Waals surface area contributed by atoms with E-state index in [2.05, 4.69) is 5.32 Å². The Balaban J connectivity index is 1.68. The first kappa shape index (κ1) is 22.0. The molecule has 0 bridgehead atoms. The summed E-state index contributed by atoms with van der Waals surface area (Å²) in [6, 6.07) is 8.55. The maximum absolute atomic E-state index is 12.4. The van der Waals surface area contributed by atoms with Crippen LogP contribution in [0.2, 0.25) is 0 Å². The van der Waals surface area contributed by atoms with Crippen LogP contribution < -0.4 is 5.32 Å². The lowest BCUT2D eigenvalue weighted by atomic mass is 10.1. The topological polar surface area (TPSA) is 110 Å². The van der Waals surface area contributed by atoms with Gasteiger partial charge in [0.25, 0.3) is 0 Å². The first-order valence-electron chi connectivity index (χ1n) is 9.74. The van der Waals surface area contributed by atoms with Gasteiger partial charge in [-0.1, -0.05) is 0 Å². The molecule has 1 aliphatic rings. The Labute approximate surface area is 180 Å². The highest BCUT2D eigenvalue weighted by Gasteiger charge is 2.20. The molecule has 1 aliphatic heterocycles. The lowest BCUT2D eigenvalue weighted by molar-refractivity contribution is -0.137. The van der Waals surface area contributed by atoms with Gasteiger partial charge in [0, 0.05) is 36.3 Å². The molecular weight excluding hydrogens is 398 g/mol. The second kappa shape index (κ2) is 9.41. The number of aromatic nitrogens is 1. The molecule has 8 nitrogen and oxygen atoms in total. The number of rotatable bonds is 8. The van der Waals surface area contributed by atoms with Crippen LogP contribution in [0.15, 0.2) is 29.8 Å². The highest BCUT2D eigenvalue weighted by Crippen LogP contribution is 2.24. The number of nitrogens with one attached hydrogen (secondary N) is 1. The van der Waals surface area contributed by atoms with Crippen molar-refractivity contribution in [2.75, 3.05) is 25.6 Å². The predicted molar refractivity (Wildman–Crippen MR) is 113 cm³/mol. The van der Waals surface area contributed by atoms with Crippen molar-refractivity contribution in [1.82, 2.24) is 4.57 Å². The normalized spacial score (nSPS) is 12.8. The molecule has 1 N–H and O–H groups in total. The number of anilines is 1. The Morgan fingerprint density at radius 2 is 2.06 bits per heavy atom. The minimum absolute atomic E-state index is 0.128. The number of nitrogens with zero attached hydrogens (tertiary/aromatic N) is 2. The molecule has 3 rings (SSSR count). The fourth-order valence-corrected chi connectivity index (χ4v) is 3.49. The number of Topliss-reactive ketones (excluding diaryl/α,β-unsaturated/α-hetero) is 1. The molecule has 0 aliphatic carbocycles. The molecule has 160 valence electrons. The van der Waals surface area contributed by atoms with Crippen molar-refractivity contribution in [3.63, 3.8) is 0 Å². The number of hydrogen-bond donors (Lipinski definition) is 1. The number of methoxy groups -OCH3 is 1. The van der Waals surface area contributed by atoms with Gasteiger partial charge in [-0.15, -0.1) is 0 Å². The molecule has 1 aromatic carbocycles. The summed E-state index contributed by atoms with van der Waals surface area (Å²) in [6.45, 7) is 4.53. The van der Waals surface area contributed by atoms with Gasteiger partial charge in [-0.05, 0) is 55.3 Å². The van der Waals surface area contributed by atoms with E-state index in [1.165, 1.54) is 6.08 Å². The second-order valence-electron chi connectivity index (χ2n) is 7.24. The highest BCUT2D eigenvalue weighted by molar-refractivity contribution is 6.04. The number of benzene rings is 1. The summed E-state index contributed by atoms with van der Waals surface area (Å²) in [5.74, 6) is -1.41. The third-order valence-corrected chi connectivity index (χ3v) is 5.16. The standard InChI is InChI=1S/C23H23N3O5/c1-14-8-17(15(2)26(14)6-7-30-3)10-19(12-24)23(29)31-13-21(27)16-4-5-20-18(9-16)11-22(28)25-20/h4-5,8-10H,6-7,11,13H2,1-3H3,(H,25,28)/b19-10+. The molecular formula is C23H23N3O5. The number of amides is 1. The van der Waals surface area contributed by atoms with E-state index in [1.807, 2.05) is 30.6 Å². The number of carbonyl (C=O) groups is 3. The molecule has 0 fully saturated rings. The van der Waals surface area contributed by atoms with Gasteiger partial charge in [0.15, 0.2) is 12.4 Å². The molecule has 8 heteroatoms. The number of ether oxygens (including phenoxy) is 2. The van der Waals surface area contributed by atoms with Crippen LogP contribution in [-0.2, 0) is 32.0 Å². The molecule has 0 atom stereocenters. The average Bonchev–Trinajstić information content (AvgIpc) is 3.25. The lowest BCUT2D eigenvalue weighted by Crippen LogP contribution is -2.15. The Hall–Kier alpha value is -3.70. The molecule has 0 spiro atoms. The van der Waals surface area contributed by atoms with E-state index in [9.17, 15) is 19.6 Å². The third kappa shape index (κ3) is 4.90. The van der Waals surface area contributed by atoms with Gasteiger partial charge in [-0.25, -0.2) is 4.79 Å².